The van der Waals surface area contributed by atoms with Gasteiger partial charge in [0.15, 0.2) is 5.13 Å². The van der Waals surface area contributed by atoms with Gasteiger partial charge in [0.2, 0.25) is 0 Å². The summed E-state index contributed by atoms with van der Waals surface area (Å²) in [4.78, 5) is 20.3. The number of aryl methyl sites for hydroxylation is 1. The van der Waals surface area contributed by atoms with Gasteiger partial charge in [-0.1, -0.05) is 41.7 Å². The number of aromatic nitrogens is 1. The molecular weight excluding hydrogens is 360 g/mol. The van der Waals surface area contributed by atoms with Crippen LogP contribution in [0.5, 0.6) is 0 Å². The van der Waals surface area contributed by atoms with Gasteiger partial charge in [-0.2, -0.15) is 0 Å². The minimum atomic E-state index is -0.0143. The van der Waals surface area contributed by atoms with Crippen LogP contribution in [0.1, 0.15) is 40.4 Å². The quantitative estimate of drug-likeness (QED) is 0.827. The Morgan fingerprint density at radius 2 is 2.15 bits per heavy atom. The Morgan fingerprint density at radius 1 is 1.33 bits per heavy atom. The van der Waals surface area contributed by atoms with Gasteiger partial charge in [0.1, 0.15) is 4.88 Å². The van der Waals surface area contributed by atoms with E-state index < -0.39 is 0 Å². The molecule has 0 radical (unpaired) electrons. The second kappa shape index (κ2) is 7.96. The lowest BCUT2D eigenvalue weighted by molar-refractivity contribution is -0.0502. The predicted molar refractivity (Wildman–Crippen MR) is 107 cm³/mol. The number of ether oxygens (including phenoxy) is 1. The third kappa shape index (κ3) is 4.00. The fourth-order valence-corrected chi connectivity index (χ4v) is 4.87. The average Bonchev–Trinajstić information content (AvgIpc) is 3.24. The molecule has 1 aromatic heterocycles. The minimum absolute atomic E-state index is 0.0143. The van der Waals surface area contributed by atoms with Crippen molar-refractivity contribution in [1.82, 2.24) is 15.2 Å². The van der Waals surface area contributed by atoms with Crippen LogP contribution in [0.3, 0.4) is 0 Å². The van der Waals surface area contributed by atoms with Gasteiger partial charge >= 0.3 is 0 Å². The van der Waals surface area contributed by atoms with E-state index in [9.17, 15) is 4.79 Å². The molecule has 6 nitrogen and oxygen atoms in total. The van der Waals surface area contributed by atoms with Crippen LogP contribution >= 0.6 is 11.3 Å². The molecule has 2 aliphatic heterocycles. The van der Waals surface area contributed by atoms with E-state index in [2.05, 4.69) is 44.8 Å². The van der Waals surface area contributed by atoms with Crippen LogP contribution in [-0.2, 0) is 4.74 Å². The highest BCUT2D eigenvalue weighted by Crippen LogP contribution is 2.30. The fourth-order valence-electron chi connectivity index (χ4n) is 3.93. The number of thiazole rings is 1. The molecule has 0 unspecified atom stereocenters. The van der Waals surface area contributed by atoms with Crippen molar-refractivity contribution in [2.24, 2.45) is 0 Å². The highest BCUT2D eigenvalue weighted by Gasteiger charge is 2.38. The van der Waals surface area contributed by atoms with Gasteiger partial charge < -0.3 is 15.4 Å². The zero-order valence-corrected chi connectivity index (χ0v) is 16.6. The zero-order valence-electron chi connectivity index (χ0n) is 15.8. The van der Waals surface area contributed by atoms with E-state index in [1.165, 1.54) is 16.9 Å². The second-order valence-corrected chi connectivity index (χ2v) is 8.21. The van der Waals surface area contributed by atoms with Crippen LogP contribution in [-0.4, -0.2) is 54.1 Å². The molecule has 4 rings (SSSR count). The van der Waals surface area contributed by atoms with Crippen molar-refractivity contribution in [3.8, 4) is 0 Å². The highest BCUT2D eigenvalue weighted by atomic mass is 32.1. The van der Waals surface area contributed by atoms with Gasteiger partial charge in [-0.3, -0.25) is 9.69 Å². The molecule has 0 bridgehead atoms. The van der Waals surface area contributed by atoms with Crippen molar-refractivity contribution >= 4 is 22.4 Å². The molecule has 7 heteroatoms. The van der Waals surface area contributed by atoms with Crippen molar-refractivity contribution in [1.29, 1.82) is 0 Å². The molecule has 2 fully saturated rings. The Labute approximate surface area is 163 Å². The summed E-state index contributed by atoms with van der Waals surface area (Å²) in [5.74, 6) is -0.0143. The summed E-state index contributed by atoms with van der Waals surface area (Å²) in [6, 6.07) is 10.9. The maximum Gasteiger partial charge on any atom is 0.263 e. The zero-order chi connectivity index (χ0) is 18.8. The number of anilines is 1. The van der Waals surface area contributed by atoms with E-state index in [-0.39, 0.29) is 18.1 Å². The Morgan fingerprint density at radius 3 is 2.93 bits per heavy atom. The van der Waals surface area contributed by atoms with Crippen LogP contribution in [0, 0.1) is 6.92 Å². The lowest BCUT2D eigenvalue weighted by atomic mass is 10.1. The molecular formula is C20H26N4O2S. The molecule has 0 aliphatic carbocycles. The fraction of sp³-hybridized carbons (Fsp3) is 0.500. The maximum absolute atomic E-state index is 12.7. The molecule has 2 saturated heterocycles. The monoisotopic (exact) mass is 386 g/mol. The smallest absolute Gasteiger partial charge is 0.263 e. The molecule has 3 atom stereocenters. The Hall–Kier alpha value is -1.96. The molecule has 2 N–H and O–H groups in total. The van der Waals surface area contributed by atoms with Crippen molar-refractivity contribution in [3.05, 3.63) is 46.5 Å². The number of amides is 1. The molecule has 0 saturated carbocycles. The van der Waals surface area contributed by atoms with Crippen LogP contribution in [0.2, 0.25) is 0 Å². The SMILES string of the molecule is CCNc1nc(C)c(C(=O)N[C@H]2C[C@H]3CO[C@@H](c4ccccc4)CN3C2)s1. The molecule has 144 valence electrons. The van der Waals surface area contributed by atoms with Gasteiger partial charge in [0, 0.05) is 31.7 Å². The standard InChI is InChI=1S/C20H26N4O2S/c1-3-21-20-22-13(2)18(27-20)19(25)23-15-9-16-12-26-17(11-24(16)10-15)14-7-5-4-6-8-14/h4-8,15-17H,3,9-12H2,1-2H3,(H,21,22)(H,23,25)/t15-,16-,17+/m0/s1. The first kappa shape index (κ1) is 18.4. The summed E-state index contributed by atoms with van der Waals surface area (Å²) < 4.78 is 6.09. The summed E-state index contributed by atoms with van der Waals surface area (Å²) >= 11 is 1.43. The lowest BCUT2D eigenvalue weighted by Crippen LogP contribution is -2.43. The maximum atomic E-state index is 12.7. The number of benzene rings is 1. The van der Waals surface area contributed by atoms with Gasteiger partial charge in [-0.25, -0.2) is 4.98 Å². The topological polar surface area (TPSA) is 66.5 Å². The molecule has 3 heterocycles. The van der Waals surface area contributed by atoms with Gasteiger partial charge in [-0.05, 0) is 25.8 Å². The number of nitrogens with one attached hydrogen (secondary N) is 2. The summed E-state index contributed by atoms with van der Waals surface area (Å²) in [5, 5.41) is 7.20. The van der Waals surface area contributed by atoms with E-state index in [4.69, 9.17) is 4.74 Å². The van der Waals surface area contributed by atoms with Crippen LogP contribution in [0.4, 0.5) is 5.13 Å². The van der Waals surface area contributed by atoms with E-state index in [1.54, 1.807) is 0 Å². The number of nitrogens with zero attached hydrogens (tertiary/aromatic N) is 2. The number of fused-ring (bicyclic) bond motifs is 1. The van der Waals surface area contributed by atoms with Gasteiger partial charge in [0.25, 0.3) is 5.91 Å². The number of carbonyl (C=O) groups excluding carboxylic acids is 1. The van der Waals surface area contributed by atoms with Crippen molar-refractivity contribution in [2.75, 3.05) is 31.6 Å². The van der Waals surface area contributed by atoms with E-state index in [0.29, 0.717) is 10.9 Å². The van der Waals surface area contributed by atoms with Crippen molar-refractivity contribution in [3.63, 3.8) is 0 Å². The minimum Gasteiger partial charge on any atom is -0.371 e. The van der Waals surface area contributed by atoms with Gasteiger partial charge in [0.05, 0.1) is 18.4 Å². The summed E-state index contributed by atoms with van der Waals surface area (Å²) in [6.45, 7) is 7.19. The first-order valence-corrected chi connectivity index (χ1v) is 10.4. The molecule has 0 spiro atoms. The highest BCUT2D eigenvalue weighted by molar-refractivity contribution is 7.17. The average molecular weight is 387 g/mol. The Kier molecular flexibility index (Phi) is 5.43. The van der Waals surface area contributed by atoms with Crippen molar-refractivity contribution < 1.29 is 9.53 Å². The summed E-state index contributed by atoms with van der Waals surface area (Å²) in [7, 11) is 0. The van der Waals surface area contributed by atoms with E-state index >= 15 is 0 Å². The first-order chi connectivity index (χ1) is 13.1. The number of morpholine rings is 1. The van der Waals surface area contributed by atoms with Gasteiger partial charge in [-0.15, -0.1) is 0 Å². The number of carbonyl (C=O) groups is 1. The lowest BCUT2D eigenvalue weighted by Gasteiger charge is -2.35. The predicted octanol–water partition coefficient (Wildman–Crippen LogP) is 2.83. The molecule has 27 heavy (non-hydrogen) atoms. The number of hydrogen-bond acceptors (Lipinski definition) is 6. The van der Waals surface area contributed by atoms with Crippen LogP contribution in [0.25, 0.3) is 0 Å². The third-order valence-electron chi connectivity index (χ3n) is 5.26. The molecule has 1 amide bonds. The van der Waals surface area contributed by atoms with E-state index in [0.717, 1.165) is 43.5 Å². The first-order valence-electron chi connectivity index (χ1n) is 9.56. The second-order valence-electron chi connectivity index (χ2n) is 7.21. The van der Waals surface area contributed by atoms with Crippen LogP contribution in [0.15, 0.2) is 30.3 Å². The molecule has 1 aromatic carbocycles. The summed E-state index contributed by atoms with van der Waals surface area (Å²) in [5.41, 5.74) is 2.01. The molecule has 2 aromatic rings. The van der Waals surface area contributed by atoms with Crippen LogP contribution < -0.4 is 10.6 Å². The Bertz CT molecular complexity index is 795. The number of rotatable bonds is 5. The Balaban J connectivity index is 1.36. The largest absolute Gasteiger partial charge is 0.371 e. The van der Waals surface area contributed by atoms with E-state index in [1.807, 2.05) is 19.9 Å². The summed E-state index contributed by atoms with van der Waals surface area (Å²) in [6.07, 6.45) is 1.05. The van der Waals surface area contributed by atoms with Crippen molar-refractivity contribution in [2.45, 2.75) is 38.5 Å². The number of hydrogen-bond donors (Lipinski definition) is 2. The third-order valence-corrected chi connectivity index (χ3v) is 6.37. The molecule has 2 aliphatic rings. The normalized spacial score (nSPS) is 25.2.